The molecule has 1 N–H and O–H groups in total. The number of hydrogen-bond acceptors (Lipinski definition) is 7. The third kappa shape index (κ3) is 7.23. The van der Waals surface area contributed by atoms with Crippen LogP contribution < -0.4 is 14.8 Å². The van der Waals surface area contributed by atoms with Crippen LogP contribution in [0.5, 0.6) is 11.6 Å². The quantitative estimate of drug-likeness (QED) is 0.409. The predicted molar refractivity (Wildman–Crippen MR) is 173 cm³/mol. The van der Waals surface area contributed by atoms with E-state index in [2.05, 4.69) is 18.3 Å². The number of pyridine rings is 1. The van der Waals surface area contributed by atoms with Crippen LogP contribution in [0, 0.1) is 23.2 Å². The van der Waals surface area contributed by atoms with E-state index in [9.17, 15) is 14.4 Å². The number of carbonyl (C=O) groups is 3. The number of Topliss-reactive ketones (excluding diaryl/α,β-unsaturated/α-hetero) is 1. The maximum Gasteiger partial charge on any atom is 0.408 e. The predicted octanol–water partition coefficient (Wildman–Crippen LogP) is 6.49. The molecule has 1 saturated carbocycles. The van der Waals surface area contributed by atoms with Gasteiger partial charge in [0.2, 0.25) is 11.8 Å². The summed E-state index contributed by atoms with van der Waals surface area (Å²) in [5, 5.41) is 3.95. The van der Waals surface area contributed by atoms with Gasteiger partial charge < -0.3 is 24.4 Å². The summed E-state index contributed by atoms with van der Waals surface area (Å²) in [4.78, 5) is 47.4. The van der Waals surface area contributed by atoms with E-state index in [0.29, 0.717) is 17.5 Å². The smallest absolute Gasteiger partial charge is 0.408 e. The summed E-state index contributed by atoms with van der Waals surface area (Å²) in [7, 11) is 1.63. The van der Waals surface area contributed by atoms with Crippen LogP contribution in [0.1, 0.15) is 92.1 Å². The Kier molecular flexibility index (Phi) is 9.94. The van der Waals surface area contributed by atoms with Crippen LogP contribution >= 0.6 is 0 Å². The molecule has 1 aromatic carbocycles. The van der Waals surface area contributed by atoms with Crippen LogP contribution in [0.3, 0.4) is 0 Å². The van der Waals surface area contributed by atoms with Gasteiger partial charge in [-0.2, -0.15) is 0 Å². The molecular formula is C36H51N3O6. The first-order valence-corrected chi connectivity index (χ1v) is 16.8. The molecule has 2 aromatic rings. The lowest BCUT2D eigenvalue weighted by Crippen LogP contribution is -2.57. The second-order valence-electron chi connectivity index (χ2n) is 14.7. The van der Waals surface area contributed by atoms with Crippen molar-refractivity contribution in [1.82, 2.24) is 15.2 Å². The van der Waals surface area contributed by atoms with Crippen LogP contribution in [0.4, 0.5) is 4.79 Å². The second-order valence-corrected chi connectivity index (χ2v) is 14.7. The van der Waals surface area contributed by atoms with Gasteiger partial charge in [-0.3, -0.25) is 9.59 Å². The zero-order valence-electron chi connectivity index (χ0n) is 28.1. The molecule has 2 aliphatic heterocycles. The van der Waals surface area contributed by atoms with Gasteiger partial charge >= 0.3 is 6.09 Å². The summed E-state index contributed by atoms with van der Waals surface area (Å²) in [5.41, 5.74) is 1.17. The molecule has 2 amide bonds. The number of methoxy groups -OCH3 is 1. The van der Waals surface area contributed by atoms with Crippen molar-refractivity contribution < 1.29 is 28.6 Å². The van der Waals surface area contributed by atoms with Gasteiger partial charge in [-0.05, 0) is 74.5 Å². The number of nitrogens with zero attached hydrogens (tertiary/aromatic N) is 2. The molecule has 5 rings (SSSR count). The van der Waals surface area contributed by atoms with Crippen LogP contribution in [0.15, 0.2) is 24.3 Å². The molecular weight excluding hydrogens is 570 g/mol. The number of ketones is 1. The number of fused-ring (bicyclic) bond motifs is 5. The highest BCUT2D eigenvalue weighted by Crippen LogP contribution is 2.37. The topological polar surface area (TPSA) is 107 Å². The van der Waals surface area contributed by atoms with E-state index < -0.39 is 29.7 Å². The molecule has 3 aliphatic rings. The van der Waals surface area contributed by atoms with Crippen molar-refractivity contribution in [1.29, 1.82) is 0 Å². The van der Waals surface area contributed by atoms with Crippen molar-refractivity contribution in [3.8, 4) is 11.6 Å². The summed E-state index contributed by atoms with van der Waals surface area (Å²) in [5.74, 6) is 1.11. The minimum Gasteiger partial charge on any atom is -0.497 e. The van der Waals surface area contributed by atoms with Gasteiger partial charge in [-0.25, -0.2) is 9.78 Å². The highest BCUT2D eigenvalue weighted by atomic mass is 16.6. The van der Waals surface area contributed by atoms with Gasteiger partial charge in [0.1, 0.15) is 24.0 Å². The Morgan fingerprint density at radius 1 is 1.02 bits per heavy atom. The Morgan fingerprint density at radius 2 is 1.78 bits per heavy atom. The first kappa shape index (κ1) is 33.0. The highest BCUT2D eigenvalue weighted by molar-refractivity contribution is 5.92. The number of rotatable bonds is 2. The van der Waals surface area contributed by atoms with Crippen molar-refractivity contribution in [3.05, 3.63) is 29.8 Å². The zero-order chi connectivity index (χ0) is 32.5. The van der Waals surface area contributed by atoms with Gasteiger partial charge in [0, 0.05) is 22.9 Å². The van der Waals surface area contributed by atoms with Gasteiger partial charge in [0.15, 0.2) is 5.78 Å². The molecule has 3 heterocycles. The number of aryl methyl sites for hydroxylation is 1. The standard InChI is InChI=1S/C36H51N3O6/c1-21-12-11-15-24-13-9-8-10-14-26-18-25-16-17-27(43-7)19-28(25)37-33(26)44-29-20-39(30(22(29)2)23(3)40)34(41)32(36(4,5)6)38-35(42)45-31(21)24/h16-19,21-22,24,29-32H,8-15,20H2,1-7H3,(H,38,42)/t21-,22-,24-,29+,30+,31-,32-/m1/s1. The monoisotopic (exact) mass is 621 g/mol. The fourth-order valence-electron chi connectivity index (χ4n) is 7.65. The van der Waals surface area contributed by atoms with Crippen LogP contribution in [-0.2, 0) is 20.7 Å². The molecule has 0 radical (unpaired) electrons. The maximum absolute atomic E-state index is 14.3. The molecule has 1 aliphatic carbocycles. The van der Waals surface area contributed by atoms with Crippen molar-refractivity contribution in [2.45, 2.75) is 117 Å². The van der Waals surface area contributed by atoms with Crippen LogP contribution in [-0.4, -0.2) is 65.6 Å². The van der Waals surface area contributed by atoms with Crippen molar-refractivity contribution in [2.24, 2.45) is 23.2 Å². The molecule has 7 atom stereocenters. The Morgan fingerprint density at radius 3 is 2.49 bits per heavy atom. The number of amides is 2. The molecule has 9 heteroatoms. The molecule has 0 unspecified atom stereocenters. The Bertz CT molecular complexity index is 1400. The van der Waals surface area contributed by atoms with Gasteiger partial charge in [-0.1, -0.05) is 53.9 Å². The lowest BCUT2D eigenvalue weighted by Gasteiger charge is -2.38. The maximum atomic E-state index is 14.3. The number of hydrogen-bond donors (Lipinski definition) is 1. The number of benzene rings is 1. The first-order chi connectivity index (χ1) is 21.4. The van der Waals surface area contributed by atoms with E-state index in [0.717, 1.165) is 67.8 Å². The lowest BCUT2D eigenvalue weighted by atomic mass is 9.77. The normalized spacial score (nSPS) is 30.2. The number of nitrogens with one attached hydrogen (secondary N) is 1. The SMILES string of the molecule is COc1ccc2cc3c(nc2c1)O[C@H]1CN(C(=O)[C@H](C(C)(C)C)NC(=O)O[C@H]2[C@H](CCCCC3)CCC[C@H]2C)[C@H](C(C)=O)[C@@H]1C. The molecule has 1 saturated heterocycles. The molecule has 45 heavy (non-hydrogen) atoms. The zero-order valence-corrected chi connectivity index (χ0v) is 28.1. The highest BCUT2D eigenvalue weighted by Gasteiger charge is 2.49. The van der Waals surface area contributed by atoms with Crippen molar-refractivity contribution >= 4 is 28.7 Å². The fourth-order valence-corrected chi connectivity index (χ4v) is 7.65. The van der Waals surface area contributed by atoms with Crippen molar-refractivity contribution in [2.75, 3.05) is 13.7 Å². The average Bonchev–Trinajstić information content (AvgIpc) is 3.31. The largest absolute Gasteiger partial charge is 0.497 e. The number of carbonyl (C=O) groups excluding carboxylic acids is 3. The Labute approximate surface area is 267 Å². The summed E-state index contributed by atoms with van der Waals surface area (Å²) in [6.45, 7) is 11.6. The van der Waals surface area contributed by atoms with E-state index in [4.69, 9.17) is 19.2 Å². The van der Waals surface area contributed by atoms with E-state index >= 15 is 0 Å². The fraction of sp³-hybridized carbons (Fsp3) is 0.667. The van der Waals surface area contributed by atoms with Gasteiger partial charge in [-0.15, -0.1) is 0 Å². The van der Waals surface area contributed by atoms with Gasteiger partial charge in [0.05, 0.1) is 25.2 Å². The Hall–Kier alpha value is -3.36. The summed E-state index contributed by atoms with van der Waals surface area (Å²) >= 11 is 0. The minimum absolute atomic E-state index is 0.113. The lowest BCUT2D eigenvalue weighted by molar-refractivity contribution is -0.141. The summed E-state index contributed by atoms with van der Waals surface area (Å²) in [6.07, 6.45) is 6.86. The Balaban J connectivity index is 1.53. The van der Waals surface area contributed by atoms with Gasteiger partial charge in [0.25, 0.3) is 0 Å². The molecule has 9 nitrogen and oxygen atoms in total. The van der Waals surface area contributed by atoms with Crippen molar-refractivity contribution in [3.63, 3.8) is 0 Å². The molecule has 0 spiro atoms. The summed E-state index contributed by atoms with van der Waals surface area (Å²) < 4.78 is 18.3. The first-order valence-electron chi connectivity index (χ1n) is 16.8. The minimum atomic E-state index is -0.879. The average molecular weight is 622 g/mol. The summed E-state index contributed by atoms with van der Waals surface area (Å²) in [6, 6.07) is 6.44. The molecule has 1 aromatic heterocycles. The number of ether oxygens (including phenoxy) is 3. The third-order valence-electron chi connectivity index (χ3n) is 10.2. The van der Waals surface area contributed by atoms with Crippen LogP contribution in [0.25, 0.3) is 10.9 Å². The molecule has 2 fully saturated rings. The number of aromatic nitrogens is 1. The molecule has 2 bridgehead atoms. The second kappa shape index (κ2) is 13.6. The third-order valence-corrected chi connectivity index (χ3v) is 10.2. The number of alkyl carbamates (subject to hydrolysis) is 1. The van der Waals surface area contributed by atoms with E-state index in [1.54, 1.807) is 12.0 Å². The van der Waals surface area contributed by atoms with E-state index in [1.807, 2.05) is 45.9 Å². The van der Waals surface area contributed by atoms with E-state index in [1.165, 1.54) is 6.92 Å². The van der Waals surface area contributed by atoms with E-state index in [-0.39, 0.29) is 36.2 Å². The molecule has 246 valence electrons. The van der Waals surface area contributed by atoms with Crippen LogP contribution in [0.2, 0.25) is 0 Å².